The number of aryl methyl sites for hydroxylation is 1. The Morgan fingerprint density at radius 2 is 1.97 bits per heavy atom. The summed E-state index contributed by atoms with van der Waals surface area (Å²) in [7, 11) is 1.65. The van der Waals surface area contributed by atoms with E-state index in [1.165, 1.54) is 12.8 Å². The van der Waals surface area contributed by atoms with Crippen molar-refractivity contribution >= 4 is 16.6 Å². The highest BCUT2D eigenvalue weighted by atomic mass is 16.6. The number of nitro benzene ring substituents is 1. The highest BCUT2D eigenvalue weighted by Crippen LogP contribution is 2.37. The van der Waals surface area contributed by atoms with Crippen LogP contribution in [0.1, 0.15) is 53.5 Å². The first-order valence-corrected chi connectivity index (χ1v) is 13.0. The number of pyridine rings is 1. The largest absolute Gasteiger partial charge is 0.497 e. The van der Waals surface area contributed by atoms with Crippen molar-refractivity contribution in [1.82, 2.24) is 15.2 Å². The summed E-state index contributed by atoms with van der Waals surface area (Å²) in [6, 6.07) is 13.3. The molecular weight excluding hydrogens is 466 g/mol. The van der Waals surface area contributed by atoms with Crippen LogP contribution in [0.15, 0.2) is 36.5 Å². The summed E-state index contributed by atoms with van der Waals surface area (Å²) >= 11 is 0. The Hall–Kier alpha value is -3.54. The standard InChI is InChI=1S/C29H33N5O3/c1-18-10-20(19(2)29(11-18)34(35)36)16-31-22-12-23-4-5-24(13-22)33(23)9-8-26-21(15-30)17-32-28-7-6-25(37-3)14-27(26)28/h6-7,10-11,14,17,22-24,31H,4-5,8-9,12-13,16H2,1-3H3/t23-,24-/m0/s1. The van der Waals surface area contributed by atoms with Crippen molar-refractivity contribution in [1.29, 1.82) is 5.26 Å². The van der Waals surface area contributed by atoms with Crippen LogP contribution in [0.5, 0.6) is 5.75 Å². The van der Waals surface area contributed by atoms with E-state index in [2.05, 4.69) is 27.3 Å². The van der Waals surface area contributed by atoms with E-state index in [-0.39, 0.29) is 10.6 Å². The van der Waals surface area contributed by atoms with E-state index in [1.807, 2.05) is 32.0 Å². The van der Waals surface area contributed by atoms with Gasteiger partial charge in [0.1, 0.15) is 11.8 Å². The average molecular weight is 500 g/mol. The van der Waals surface area contributed by atoms with Gasteiger partial charge in [0.25, 0.3) is 5.69 Å². The van der Waals surface area contributed by atoms with E-state index in [0.29, 0.717) is 30.2 Å². The molecule has 1 N–H and O–H groups in total. The van der Waals surface area contributed by atoms with Gasteiger partial charge in [0.15, 0.2) is 0 Å². The number of nitrogens with one attached hydrogen (secondary N) is 1. The Morgan fingerprint density at radius 1 is 1.22 bits per heavy atom. The zero-order chi connectivity index (χ0) is 26.1. The zero-order valence-corrected chi connectivity index (χ0v) is 21.7. The van der Waals surface area contributed by atoms with Gasteiger partial charge in [0, 0.05) is 54.4 Å². The van der Waals surface area contributed by atoms with Gasteiger partial charge in [0.2, 0.25) is 0 Å². The number of nitro groups is 1. The van der Waals surface area contributed by atoms with Crippen LogP contribution < -0.4 is 10.1 Å². The van der Waals surface area contributed by atoms with E-state index >= 15 is 0 Å². The van der Waals surface area contributed by atoms with Gasteiger partial charge < -0.3 is 10.1 Å². The third kappa shape index (κ3) is 5.02. The molecule has 0 amide bonds. The van der Waals surface area contributed by atoms with Gasteiger partial charge in [0.05, 0.1) is 23.1 Å². The number of nitriles is 1. The Kier molecular flexibility index (Phi) is 7.09. The second-order valence-electron chi connectivity index (χ2n) is 10.4. The number of methoxy groups -OCH3 is 1. The second kappa shape index (κ2) is 10.4. The van der Waals surface area contributed by atoms with Gasteiger partial charge in [-0.1, -0.05) is 6.07 Å². The van der Waals surface area contributed by atoms with Crippen molar-refractivity contribution in [3.63, 3.8) is 0 Å². The van der Waals surface area contributed by atoms with Crippen molar-refractivity contribution in [2.75, 3.05) is 13.7 Å². The zero-order valence-electron chi connectivity index (χ0n) is 21.7. The first-order valence-electron chi connectivity index (χ1n) is 13.0. The first-order chi connectivity index (χ1) is 17.9. The van der Waals surface area contributed by atoms with Crippen molar-refractivity contribution in [2.45, 2.75) is 70.6 Å². The van der Waals surface area contributed by atoms with E-state index in [0.717, 1.165) is 64.7 Å². The maximum absolute atomic E-state index is 11.4. The minimum Gasteiger partial charge on any atom is -0.497 e. The van der Waals surface area contributed by atoms with Crippen LogP contribution in [-0.4, -0.2) is 46.6 Å². The van der Waals surface area contributed by atoms with Crippen LogP contribution in [0.3, 0.4) is 0 Å². The Morgan fingerprint density at radius 3 is 2.65 bits per heavy atom. The monoisotopic (exact) mass is 499 g/mol. The molecule has 8 nitrogen and oxygen atoms in total. The summed E-state index contributed by atoms with van der Waals surface area (Å²) in [5.41, 5.74) is 5.43. The lowest BCUT2D eigenvalue weighted by Crippen LogP contribution is -2.49. The number of fused-ring (bicyclic) bond motifs is 3. The fraction of sp³-hybridized carbons (Fsp3) is 0.448. The van der Waals surface area contributed by atoms with Crippen LogP contribution in [0.4, 0.5) is 5.69 Å². The molecule has 37 heavy (non-hydrogen) atoms. The summed E-state index contributed by atoms with van der Waals surface area (Å²) < 4.78 is 5.43. The van der Waals surface area contributed by atoms with Gasteiger partial charge in [-0.15, -0.1) is 0 Å². The molecule has 0 radical (unpaired) electrons. The number of benzene rings is 2. The molecule has 2 aliphatic heterocycles. The third-order valence-corrected chi connectivity index (χ3v) is 8.22. The molecule has 2 aliphatic rings. The van der Waals surface area contributed by atoms with Gasteiger partial charge in [-0.05, 0) is 80.8 Å². The van der Waals surface area contributed by atoms with E-state index in [4.69, 9.17) is 4.74 Å². The molecule has 0 unspecified atom stereocenters. The van der Waals surface area contributed by atoms with Gasteiger partial charge in [-0.25, -0.2) is 0 Å². The molecule has 0 saturated carbocycles. The maximum atomic E-state index is 11.4. The number of hydrogen-bond donors (Lipinski definition) is 1. The highest BCUT2D eigenvalue weighted by Gasteiger charge is 2.40. The molecule has 2 aromatic carbocycles. The normalized spacial score (nSPS) is 21.2. The second-order valence-corrected chi connectivity index (χ2v) is 10.4. The molecule has 0 aliphatic carbocycles. The number of rotatable bonds is 8. The summed E-state index contributed by atoms with van der Waals surface area (Å²) in [6.45, 7) is 5.31. The van der Waals surface area contributed by atoms with Crippen molar-refractivity contribution < 1.29 is 9.66 Å². The quantitative estimate of drug-likeness (QED) is 0.345. The molecule has 0 spiro atoms. The molecule has 5 rings (SSSR count). The maximum Gasteiger partial charge on any atom is 0.272 e. The topological polar surface area (TPSA) is 104 Å². The molecule has 2 bridgehead atoms. The lowest BCUT2D eigenvalue weighted by Gasteiger charge is -2.39. The molecule has 1 aromatic heterocycles. The minimum absolute atomic E-state index is 0.199. The minimum atomic E-state index is -0.287. The van der Waals surface area contributed by atoms with Crippen LogP contribution in [0, 0.1) is 35.3 Å². The van der Waals surface area contributed by atoms with Crippen LogP contribution >= 0.6 is 0 Å². The van der Waals surface area contributed by atoms with Gasteiger partial charge in [-0.2, -0.15) is 5.26 Å². The fourth-order valence-electron chi connectivity index (χ4n) is 6.31. The van der Waals surface area contributed by atoms with Crippen LogP contribution in [0.25, 0.3) is 10.9 Å². The molecule has 2 saturated heterocycles. The van der Waals surface area contributed by atoms with E-state index < -0.39 is 0 Å². The summed E-state index contributed by atoms with van der Waals surface area (Å²) in [6.07, 6.45) is 7.00. The van der Waals surface area contributed by atoms with Crippen molar-refractivity contribution in [2.24, 2.45) is 0 Å². The number of nitrogens with zero attached hydrogens (tertiary/aromatic N) is 4. The Labute approximate surface area is 217 Å². The predicted octanol–water partition coefficient (Wildman–Crippen LogP) is 4.97. The summed E-state index contributed by atoms with van der Waals surface area (Å²) in [5.74, 6) is 0.770. The number of piperidine rings is 1. The number of hydrogen-bond acceptors (Lipinski definition) is 7. The van der Waals surface area contributed by atoms with E-state index in [1.54, 1.807) is 19.4 Å². The Balaban J connectivity index is 1.26. The average Bonchev–Trinajstić information content (AvgIpc) is 3.13. The number of aromatic nitrogens is 1. The van der Waals surface area contributed by atoms with Crippen molar-refractivity contribution in [3.8, 4) is 11.8 Å². The van der Waals surface area contributed by atoms with Crippen molar-refractivity contribution in [3.05, 3.63) is 74.5 Å². The van der Waals surface area contributed by atoms with Crippen LogP contribution in [0.2, 0.25) is 0 Å². The van der Waals surface area contributed by atoms with Gasteiger partial charge >= 0.3 is 0 Å². The fourth-order valence-corrected chi connectivity index (χ4v) is 6.31. The lowest BCUT2D eigenvalue weighted by molar-refractivity contribution is -0.385. The summed E-state index contributed by atoms with van der Waals surface area (Å²) in [5, 5.41) is 25.9. The molecule has 3 aromatic rings. The molecule has 8 heteroatoms. The molecule has 2 fully saturated rings. The Bertz CT molecular complexity index is 1370. The van der Waals surface area contributed by atoms with Crippen LogP contribution in [-0.2, 0) is 13.0 Å². The summed E-state index contributed by atoms with van der Waals surface area (Å²) in [4.78, 5) is 18.2. The SMILES string of the molecule is COc1ccc2ncc(C#N)c(CCN3[C@H]4CC[C@H]3CC(NCc3cc(C)cc([N+](=O)[O-])c3C)C4)c2c1. The van der Waals surface area contributed by atoms with E-state index in [9.17, 15) is 15.4 Å². The van der Waals surface area contributed by atoms with Gasteiger partial charge in [-0.3, -0.25) is 20.0 Å². The molecular formula is C29H33N5O3. The molecule has 2 atom stereocenters. The first kappa shape index (κ1) is 25.1. The predicted molar refractivity (Wildman–Crippen MR) is 143 cm³/mol. The number of ether oxygens (including phenoxy) is 1. The smallest absolute Gasteiger partial charge is 0.272 e. The third-order valence-electron chi connectivity index (χ3n) is 8.22. The highest BCUT2D eigenvalue weighted by molar-refractivity contribution is 5.85. The lowest BCUT2D eigenvalue weighted by atomic mass is 9.95. The molecule has 192 valence electrons. The molecule has 3 heterocycles.